The summed E-state index contributed by atoms with van der Waals surface area (Å²) in [6, 6.07) is 4.02. The average Bonchev–Trinajstić information content (AvgIpc) is 3.11. The highest BCUT2D eigenvalue weighted by atomic mass is 19.1. The topological polar surface area (TPSA) is 74.2 Å². The van der Waals surface area contributed by atoms with Crippen LogP contribution in [0.2, 0.25) is 0 Å². The van der Waals surface area contributed by atoms with E-state index >= 15 is 0 Å². The van der Waals surface area contributed by atoms with Crippen molar-refractivity contribution < 1.29 is 13.9 Å². The van der Waals surface area contributed by atoms with Gasteiger partial charge in [-0.25, -0.2) is 18.7 Å². The third-order valence-corrected chi connectivity index (χ3v) is 6.32. The predicted molar refractivity (Wildman–Crippen MR) is 110 cm³/mol. The van der Waals surface area contributed by atoms with Crippen molar-refractivity contribution in [3.63, 3.8) is 0 Å². The van der Waals surface area contributed by atoms with Crippen LogP contribution in [0.5, 0.6) is 0 Å². The van der Waals surface area contributed by atoms with Crippen molar-refractivity contribution in [1.29, 1.82) is 0 Å². The molecule has 0 unspecified atom stereocenters. The molecule has 1 saturated heterocycles. The van der Waals surface area contributed by atoms with Crippen LogP contribution in [0.4, 0.5) is 20.3 Å². The highest BCUT2D eigenvalue weighted by Crippen LogP contribution is 2.41. The molecule has 1 saturated carbocycles. The van der Waals surface area contributed by atoms with Crippen LogP contribution in [0.3, 0.4) is 0 Å². The van der Waals surface area contributed by atoms with Crippen molar-refractivity contribution in [2.75, 3.05) is 23.3 Å². The number of anilines is 2. The molecule has 0 spiro atoms. The van der Waals surface area contributed by atoms with Gasteiger partial charge < -0.3 is 15.3 Å². The largest absolute Gasteiger partial charge is 0.391 e. The van der Waals surface area contributed by atoms with Gasteiger partial charge in [0, 0.05) is 48.3 Å². The highest BCUT2D eigenvalue weighted by Gasteiger charge is 2.42. The quantitative estimate of drug-likeness (QED) is 0.689. The third kappa shape index (κ3) is 3.45. The second kappa shape index (κ2) is 7.43. The molecule has 4 atom stereocenters. The maximum atomic E-state index is 14.3. The molecular weight excluding hydrogens is 388 g/mol. The Morgan fingerprint density at radius 3 is 2.67 bits per heavy atom. The van der Waals surface area contributed by atoms with Crippen molar-refractivity contribution >= 4 is 22.4 Å². The lowest BCUT2D eigenvalue weighted by molar-refractivity contribution is 0.0737. The first-order valence-corrected chi connectivity index (χ1v) is 10.2. The van der Waals surface area contributed by atoms with E-state index in [1.54, 1.807) is 18.6 Å². The Balaban J connectivity index is 1.41. The number of aliphatic hydroxyl groups is 1. The first kappa shape index (κ1) is 19.1. The molecule has 1 aliphatic heterocycles. The Hall–Kier alpha value is -2.87. The maximum Gasteiger partial charge on any atom is 0.152 e. The average molecular weight is 411 g/mol. The van der Waals surface area contributed by atoms with Gasteiger partial charge in [-0.3, -0.25) is 4.98 Å². The summed E-state index contributed by atoms with van der Waals surface area (Å²) in [7, 11) is 0. The van der Waals surface area contributed by atoms with Crippen LogP contribution in [-0.4, -0.2) is 45.3 Å². The number of rotatable bonds is 3. The summed E-state index contributed by atoms with van der Waals surface area (Å²) in [6.45, 7) is 3.34. The molecule has 1 aromatic carbocycles. The zero-order valence-electron chi connectivity index (χ0n) is 16.6. The first-order chi connectivity index (χ1) is 14.5. The Morgan fingerprint density at radius 2 is 1.90 bits per heavy atom. The van der Waals surface area contributed by atoms with Crippen molar-refractivity contribution in [1.82, 2.24) is 15.0 Å². The molecule has 0 amide bonds. The van der Waals surface area contributed by atoms with Crippen molar-refractivity contribution in [2.45, 2.75) is 31.9 Å². The zero-order valence-corrected chi connectivity index (χ0v) is 16.6. The fraction of sp³-hybridized carbons (Fsp3) is 0.409. The Kier molecular flexibility index (Phi) is 4.73. The molecule has 2 aromatic heterocycles. The molecule has 0 radical (unpaired) electrons. The normalized spacial score (nSPS) is 26.1. The Labute approximate surface area is 173 Å². The highest BCUT2D eigenvalue weighted by molar-refractivity contribution is 5.92. The summed E-state index contributed by atoms with van der Waals surface area (Å²) in [4.78, 5) is 14.8. The van der Waals surface area contributed by atoms with E-state index in [1.807, 2.05) is 13.0 Å². The molecule has 30 heavy (non-hydrogen) atoms. The lowest BCUT2D eigenvalue weighted by atomic mass is 9.77. The van der Waals surface area contributed by atoms with Gasteiger partial charge in [0.2, 0.25) is 0 Å². The number of benzene rings is 1. The first-order valence-electron chi connectivity index (χ1n) is 10.2. The van der Waals surface area contributed by atoms with Crippen LogP contribution >= 0.6 is 0 Å². The van der Waals surface area contributed by atoms with Gasteiger partial charge in [-0.1, -0.05) is 0 Å². The number of pyridine rings is 1. The number of nitrogens with zero attached hydrogens (tertiary/aromatic N) is 4. The molecule has 3 heterocycles. The van der Waals surface area contributed by atoms with E-state index in [-0.39, 0.29) is 11.6 Å². The summed E-state index contributed by atoms with van der Waals surface area (Å²) >= 11 is 0. The number of hydrogen-bond acceptors (Lipinski definition) is 6. The minimum Gasteiger partial charge on any atom is -0.391 e. The molecule has 8 heteroatoms. The monoisotopic (exact) mass is 411 g/mol. The number of halogens is 2. The molecule has 156 valence electrons. The summed E-state index contributed by atoms with van der Waals surface area (Å²) < 4.78 is 28.3. The SMILES string of the molecule is Cc1cc(N2C[C@H]3C[C@@H](Nc4cnccn4)[C@H](O)C[C@H]3C2)c2cc(F)cc(F)c2n1. The zero-order chi connectivity index (χ0) is 20.8. The summed E-state index contributed by atoms with van der Waals surface area (Å²) in [5.74, 6) is 0.0882. The Bertz CT molecular complexity index is 1080. The number of aryl methyl sites for hydroxylation is 1. The van der Waals surface area contributed by atoms with E-state index in [9.17, 15) is 13.9 Å². The molecule has 5 rings (SSSR count). The number of hydrogen-bond donors (Lipinski definition) is 2. The maximum absolute atomic E-state index is 14.3. The fourth-order valence-electron chi connectivity index (χ4n) is 4.97. The predicted octanol–water partition coefficient (Wildman–Crippen LogP) is 3.30. The van der Waals surface area contributed by atoms with Crippen LogP contribution in [0.1, 0.15) is 18.5 Å². The van der Waals surface area contributed by atoms with Crippen LogP contribution in [0.15, 0.2) is 36.8 Å². The minimum atomic E-state index is -0.643. The van der Waals surface area contributed by atoms with Gasteiger partial charge in [-0.2, -0.15) is 0 Å². The lowest BCUT2D eigenvalue weighted by Crippen LogP contribution is -2.43. The smallest absolute Gasteiger partial charge is 0.152 e. The lowest BCUT2D eigenvalue weighted by Gasteiger charge is -2.35. The number of aromatic nitrogens is 3. The molecule has 1 aliphatic carbocycles. The number of fused-ring (bicyclic) bond motifs is 2. The second-order valence-electron chi connectivity index (χ2n) is 8.37. The number of nitrogens with one attached hydrogen (secondary N) is 1. The molecule has 6 nitrogen and oxygen atoms in total. The standard InChI is InChI=1S/C22H23F2N5O/c1-12-4-19(16-7-15(23)8-17(24)22(16)27-12)29-10-13-5-18(20(30)6-14(13)11-29)28-21-9-25-2-3-26-21/h2-4,7-9,13-14,18,20,30H,5-6,10-11H2,1H3,(H,26,28)/t13-,14+,18-,20-/m1/s1. The van der Waals surface area contributed by atoms with Crippen molar-refractivity contribution in [3.8, 4) is 0 Å². The van der Waals surface area contributed by atoms with Gasteiger partial charge in [0.05, 0.1) is 18.3 Å². The van der Waals surface area contributed by atoms with Crippen LogP contribution in [0, 0.1) is 30.4 Å². The van der Waals surface area contributed by atoms with Crippen molar-refractivity contribution in [2.24, 2.45) is 11.8 Å². The summed E-state index contributed by atoms with van der Waals surface area (Å²) in [5.41, 5.74) is 1.70. The Morgan fingerprint density at radius 1 is 1.10 bits per heavy atom. The van der Waals surface area contributed by atoms with E-state index in [0.29, 0.717) is 35.2 Å². The molecule has 2 aliphatic rings. The molecule has 2 N–H and O–H groups in total. The van der Waals surface area contributed by atoms with Gasteiger partial charge in [0.1, 0.15) is 17.2 Å². The van der Waals surface area contributed by atoms with E-state index in [4.69, 9.17) is 0 Å². The molecule has 2 fully saturated rings. The number of aliphatic hydroxyl groups excluding tert-OH is 1. The second-order valence-corrected chi connectivity index (χ2v) is 8.37. The van der Waals surface area contributed by atoms with Gasteiger partial charge in [0.25, 0.3) is 0 Å². The van der Waals surface area contributed by atoms with E-state index in [1.165, 1.54) is 6.07 Å². The van der Waals surface area contributed by atoms with Gasteiger partial charge in [0.15, 0.2) is 5.82 Å². The summed E-state index contributed by atoms with van der Waals surface area (Å²) in [6.07, 6.45) is 5.86. The molecular formula is C22H23F2N5O. The van der Waals surface area contributed by atoms with Crippen LogP contribution < -0.4 is 10.2 Å². The fourth-order valence-corrected chi connectivity index (χ4v) is 4.97. The van der Waals surface area contributed by atoms with Crippen LogP contribution in [0.25, 0.3) is 10.9 Å². The van der Waals surface area contributed by atoms with Crippen LogP contribution in [-0.2, 0) is 0 Å². The van der Waals surface area contributed by atoms with E-state index < -0.39 is 17.7 Å². The third-order valence-electron chi connectivity index (χ3n) is 6.32. The molecule has 3 aromatic rings. The van der Waals surface area contributed by atoms with Gasteiger partial charge in [-0.05, 0) is 43.7 Å². The van der Waals surface area contributed by atoms with Gasteiger partial charge >= 0.3 is 0 Å². The van der Waals surface area contributed by atoms with E-state index in [0.717, 1.165) is 31.3 Å². The molecule has 0 bridgehead atoms. The van der Waals surface area contributed by atoms with Gasteiger partial charge in [-0.15, -0.1) is 0 Å². The minimum absolute atomic E-state index is 0.103. The summed E-state index contributed by atoms with van der Waals surface area (Å²) in [5, 5.41) is 14.5. The van der Waals surface area contributed by atoms with E-state index in [2.05, 4.69) is 25.2 Å². The van der Waals surface area contributed by atoms with Crippen molar-refractivity contribution in [3.05, 3.63) is 54.1 Å².